The lowest BCUT2D eigenvalue weighted by molar-refractivity contribution is 0.185. The minimum Gasteiger partial charge on any atom is -0.388 e. The Morgan fingerprint density at radius 1 is 0.941 bits per heavy atom. The Morgan fingerprint density at radius 3 is 2.47 bits per heavy atom. The molecule has 0 bridgehead atoms. The van der Waals surface area contributed by atoms with Gasteiger partial charge in [-0.3, -0.25) is 4.99 Å². The molecule has 0 fully saturated rings. The molecule has 0 saturated carbocycles. The highest BCUT2D eigenvalue weighted by atomic mass is 16.3. The van der Waals surface area contributed by atoms with Crippen LogP contribution >= 0.6 is 0 Å². The first kappa shape index (κ1) is 10.2. The molecule has 17 heavy (non-hydrogen) atoms. The summed E-state index contributed by atoms with van der Waals surface area (Å²) in [6.45, 7) is 0. The van der Waals surface area contributed by atoms with Crippen molar-refractivity contribution in [2.24, 2.45) is 4.99 Å². The van der Waals surface area contributed by atoms with E-state index in [0.29, 0.717) is 6.42 Å². The first-order valence-electron chi connectivity index (χ1n) is 5.74. The van der Waals surface area contributed by atoms with Gasteiger partial charge in [0, 0.05) is 12.0 Å². The van der Waals surface area contributed by atoms with Gasteiger partial charge in [0.2, 0.25) is 0 Å². The Morgan fingerprint density at radius 2 is 1.65 bits per heavy atom. The average Bonchev–Trinajstić information content (AvgIpc) is 2.40. The van der Waals surface area contributed by atoms with Crippen molar-refractivity contribution < 1.29 is 5.11 Å². The number of hydrogen-bond donors (Lipinski definition) is 1. The van der Waals surface area contributed by atoms with Gasteiger partial charge in [-0.15, -0.1) is 0 Å². The molecule has 84 valence electrons. The maximum absolute atomic E-state index is 10.1. The highest BCUT2D eigenvalue weighted by Crippen LogP contribution is 2.33. The molecule has 1 atom stereocenters. The average molecular weight is 223 g/mol. The fourth-order valence-electron chi connectivity index (χ4n) is 2.17. The topological polar surface area (TPSA) is 32.6 Å². The zero-order chi connectivity index (χ0) is 11.7. The maximum Gasteiger partial charge on any atom is 0.0866 e. The number of hydrogen-bond acceptors (Lipinski definition) is 2. The van der Waals surface area contributed by atoms with Crippen molar-refractivity contribution in [2.45, 2.75) is 12.5 Å². The molecule has 3 rings (SSSR count). The van der Waals surface area contributed by atoms with E-state index in [1.807, 2.05) is 54.6 Å². The van der Waals surface area contributed by atoms with Crippen molar-refractivity contribution in [3.8, 4) is 0 Å². The van der Waals surface area contributed by atoms with Crippen LogP contribution in [0.4, 0.5) is 5.69 Å². The standard InChI is InChI=1S/C15H13NO/c17-15-10-14(11-6-2-1-3-7-11)16-13-9-5-4-8-12(13)15/h1-9,15,17H,10H2. The van der Waals surface area contributed by atoms with E-state index in [4.69, 9.17) is 0 Å². The van der Waals surface area contributed by atoms with E-state index in [-0.39, 0.29) is 0 Å². The summed E-state index contributed by atoms with van der Waals surface area (Å²) >= 11 is 0. The molecule has 0 amide bonds. The quantitative estimate of drug-likeness (QED) is 0.790. The van der Waals surface area contributed by atoms with Crippen LogP contribution in [0.25, 0.3) is 0 Å². The lowest BCUT2D eigenvalue weighted by atomic mass is 9.95. The largest absolute Gasteiger partial charge is 0.388 e. The van der Waals surface area contributed by atoms with E-state index < -0.39 is 6.10 Å². The van der Waals surface area contributed by atoms with Crippen molar-refractivity contribution in [1.82, 2.24) is 0 Å². The summed E-state index contributed by atoms with van der Waals surface area (Å²) in [4.78, 5) is 4.62. The highest BCUT2D eigenvalue weighted by Gasteiger charge is 2.20. The molecule has 0 spiro atoms. The van der Waals surface area contributed by atoms with Crippen LogP contribution in [0.2, 0.25) is 0 Å². The first-order valence-corrected chi connectivity index (χ1v) is 5.74. The number of aliphatic imine (C=N–C) groups is 1. The third kappa shape index (κ3) is 1.87. The van der Waals surface area contributed by atoms with Gasteiger partial charge >= 0.3 is 0 Å². The Balaban J connectivity index is 2.08. The summed E-state index contributed by atoms with van der Waals surface area (Å²) in [6, 6.07) is 17.8. The fraction of sp³-hybridized carbons (Fsp3) is 0.133. The Labute approximate surface area is 100 Å². The van der Waals surface area contributed by atoms with E-state index in [1.165, 1.54) is 0 Å². The van der Waals surface area contributed by atoms with Crippen LogP contribution in [0.1, 0.15) is 23.7 Å². The fourth-order valence-corrected chi connectivity index (χ4v) is 2.17. The van der Waals surface area contributed by atoms with E-state index in [1.54, 1.807) is 0 Å². The molecular formula is C15H13NO. The minimum atomic E-state index is -0.445. The third-order valence-electron chi connectivity index (χ3n) is 3.04. The zero-order valence-corrected chi connectivity index (χ0v) is 9.38. The molecule has 1 aliphatic rings. The zero-order valence-electron chi connectivity index (χ0n) is 9.38. The molecule has 1 N–H and O–H groups in total. The van der Waals surface area contributed by atoms with Gasteiger partial charge in [-0.05, 0) is 11.6 Å². The summed E-state index contributed by atoms with van der Waals surface area (Å²) in [5.41, 5.74) is 3.84. The molecule has 2 aromatic rings. The van der Waals surface area contributed by atoms with Gasteiger partial charge < -0.3 is 5.11 Å². The Kier molecular flexibility index (Phi) is 2.50. The molecule has 2 heteroatoms. The second kappa shape index (κ2) is 4.15. The summed E-state index contributed by atoms with van der Waals surface area (Å²) < 4.78 is 0. The van der Waals surface area contributed by atoms with Crippen LogP contribution in [0.15, 0.2) is 59.6 Å². The lowest BCUT2D eigenvalue weighted by Crippen LogP contribution is -2.12. The number of para-hydroxylation sites is 1. The second-order valence-corrected chi connectivity index (χ2v) is 4.20. The van der Waals surface area contributed by atoms with Gasteiger partial charge in [0.05, 0.1) is 17.5 Å². The van der Waals surface area contributed by atoms with Crippen LogP contribution < -0.4 is 0 Å². The van der Waals surface area contributed by atoms with Crippen LogP contribution in [-0.2, 0) is 0 Å². The Hall–Kier alpha value is -1.93. The van der Waals surface area contributed by atoms with E-state index >= 15 is 0 Å². The summed E-state index contributed by atoms with van der Waals surface area (Å²) in [7, 11) is 0. The number of rotatable bonds is 1. The van der Waals surface area contributed by atoms with Crippen LogP contribution in [0.5, 0.6) is 0 Å². The molecule has 1 aliphatic heterocycles. The van der Waals surface area contributed by atoms with Crippen molar-refractivity contribution in [2.75, 3.05) is 0 Å². The van der Waals surface area contributed by atoms with Crippen molar-refractivity contribution >= 4 is 11.4 Å². The molecular weight excluding hydrogens is 210 g/mol. The van der Waals surface area contributed by atoms with Crippen molar-refractivity contribution in [3.05, 3.63) is 65.7 Å². The van der Waals surface area contributed by atoms with Gasteiger partial charge in [0.1, 0.15) is 0 Å². The van der Waals surface area contributed by atoms with Crippen molar-refractivity contribution in [3.63, 3.8) is 0 Å². The van der Waals surface area contributed by atoms with Crippen LogP contribution in [0, 0.1) is 0 Å². The summed E-state index contributed by atoms with van der Waals surface area (Å²) in [6.07, 6.45) is 0.139. The van der Waals surface area contributed by atoms with E-state index in [9.17, 15) is 5.11 Å². The normalized spacial score (nSPS) is 18.4. The van der Waals surface area contributed by atoms with Gasteiger partial charge in [-0.1, -0.05) is 48.5 Å². The number of aliphatic hydroxyl groups is 1. The first-order chi connectivity index (χ1) is 8.34. The summed E-state index contributed by atoms with van der Waals surface area (Å²) in [5.74, 6) is 0. The van der Waals surface area contributed by atoms with Crippen LogP contribution in [-0.4, -0.2) is 10.8 Å². The molecule has 0 aromatic heterocycles. The molecule has 0 radical (unpaired) electrons. The maximum atomic E-state index is 10.1. The third-order valence-corrected chi connectivity index (χ3v) is 3.04. The van der Waals surface area contributed by atoms with E-state index in [0.717, 1.165) is 22.5 Å². The molecule has 1 unspecified atom stereocenters. The lowest BCUT2D eigenvalue weighted by Gasteiger charge is -2.20. The Bertz CT molecular complexity index is 560. The van der Waals surface area contributed by atoms with Crippen LogP contribution in [0.3, 0.4) is 0 Å². The molecule has 2 nitrogen and oxygen atoms in total. The summed E-state index contributed by atoms with van der Waals surface area (Å²) in [5, 5.41) is 10.1. The molecule has 0 aliphatic carbocycles. The second-order valence-electron chi connectivity index (χ2n) is 4.20. The number of aliphatic hydroxyl groups excluding tert-OH is 1. The van der Waals surface area contributed by atoms with Crippen molar-refractivity contribution in [1.29, 1.82) is 0 Å². The number of nitrogens with zero attached hydrogens (tertiary/aromatic N) is 1. The number of benzene rings is 2. The smallest absolute Gasteiger partial charge is 0.0866 e. The highest BCUT2D eigenvalue weighted by molar-refractivity contribution is 6.03. The van der Waals surface area contributed by atoms with Gasteiger partial charge in [-0.2, -0.15) is 0 Å². The molecule has 0 saturated heterocycles. The predicted octanol–water partition coefficient (Wildman–Crippen LogP) is 3.24. The van der Waals surface area contributed by atoms with E-state index in [2.05, 4.69) is 4.99 Å². The predicted molar refractivity (Wildman–Crippen MR) is 68.7 cm³/mol. The monoisotopic (exact) mass is 223 g/mol. The SMILES string of the molecule is OC1CC(c2ccccc2)=Nc2ccccc21. The van der Waals surface area contributed by atoms with Gasteiger partial charge in [0.15, 0.2) is 0 Å². The molecule has 2 aromatic carbocycles. The van der Waals surface area contributed by atoms with Gasteiger partial charge in [0.25, 0.3) is 0 Å². The molecule has 1 heterocycles. The minimum absolute atomic E-state index is 0.445. The van der Waals surface area contributed by atoms with Gasteiger partial charge in [-0.25, -0.2) is 0 Å². The number of fused-ring (bicyclic) bond motifs is 1.